The molecule has 0 spiro atoms. The number of carbonyl (C=O) groups excluding carboxylic acids is 2. The van der Waals surface area contributed by atoms with E-state index in [4.69, 9.17) is 5.26 Å². The van der Waals surface area contributed by atoms with Crippen LogP contribution in [-0.4, -0.2) is 49.4 Å². The highest BCUT2D eigenvalue weighted by Crippen LogP contribution is 2.31. The zero-order valence-electron chi connectivity index (χ0n) is 14.8. The zero-order valence-corrected chi connectivity index (χ0v) is 14.8. The normalized spacial score (nSPS) is 26.0. The summed E-state index contributed by atoms with van der Waals surface area (Å²) in [4.78, 5) is 28.4. The molecule has 2 aliphatic rings. The number of hydrogen-bond acceptors (Lipinski definition) is 4. The van der Waals surface area contributed by atoms with Gasteiger partial charge in [0.05, 0.1) is 17.0 Å². The Hall–Kier alpha value is -2.55. The van der Waals surface area contributed by atoms with Crippen molar-refractivity contribution in [1.29, 1.82) is 5.26 Å². The molecule has 0 saturated carbocycles. The van der Waals surface area contributed by atoms with Crippen molar-refractivity contribution in [3.8, 4) is 6.07 Å². The first kappa shape index (κ1) is 17.3. The molecule has 6 nitrogen and oxygen atoms in total. The molecule has 1 aromatic rings. The molecule has 2 heterocycles. The van der Waals surface area contributed by atoms with Crippen molar-refractivity contribution in [1.82, 2.24) is 10.2 Å². The molecule has 0 bridgehead atoms. The van der Waals surface area contributed by atoms with Gasteiger partial charge in [-0.05, 0) is 38.0 Å². The van der Waals surface area contributed by atoms with Gasteiger partial charge in [0.25, 0.3) is 0 Å². The summed E-state index contributed by atoms with van der Waals surface area (Å²) in [7, 11) is 2.01. The number of piperidine rings is 1. The summed E-state index contributed by atoms with van der Waals surface area (Å²) in [6.45, 7) is 3.78. The number of likely N-dealkylation sites (tertiary alicyclic amines) is 1. The highest BCUT2D eigenvalue weighted by Gasteiger charge is 2.42. The molecule has 0 radical (unpaired) electrons. The van der Waals surface area contributed by atoms with E-state index in [1.807, 2.05) is 37.1 Å². The number of nitrogens with zero attached hydrogens (tertiary/aromatic N) is 3. The Morgan fingerprint density at radius 1 is 1.48 bits per heavy atom. The van der Waals surface area contributed by atoms with Crippen LogP contribution >= 0.6 is 0 Å². The molecule has 2 atom stereocenters. The van der Waals surface area contributed by atoms with Gasteiger partial charge in [0.1, 0.15) is 0 Å². The molecule has 0 aromatic heterocycles. The summed E-state index contributed by atoms with van der Waals surface area (Å²) in [6, 6.07) is 9.94. The van der Waals surface area contributed by atoms with E-state index in [0.29, 0.717) is 31.5 Å². The van der Waals surface area contributed by atoms with Crippen LogP contribution in [0.4, 0.5) is 5.69 Å². The lowest BCUT2D eigenvalue weighted by Crippen LogP contribution is -2.51. The molecule has 3 rings (SSSR count). The Bertz CT molecular complexity index is 714. The number of rotatable bonds is 3. The summed E-state index contributed by atoms with van der Waals surface area (Å²) in [5.41, 5.74) is 1.14. The Morgan fingerprint density at radius 3 is 2.96 bits per heavy atom. The van der Waals surface area contributed by atoms with Crippen LogP contribution in [0, 0.1) is 16.7 Å². The minimum atomic E-state index is -0.498. The minimum absolute atomic E-state index is 0.0293. The summed E-state index contributed by atoms with van der Waals surface area (Å²) < 4.78 is 0. The third-order valence-electron chi connectivity index (χ3n) is 5.48. The Labute approximate surface area is 148 Å². The second kappa shape index (κ2) is 6.75. The van der Waals surface area contributed by atoms with Crippen molar-refractivity contribution in [3.05, 3.63) is 29.8 Å². The fourth-order valence-electron chi connectivity index (χ4n) is 3.67. The number of likely N-dealkylation sites (N-methyl/N-ethyl adjacent to an activating group) is 1. The maximum absolute atomic E-state index is 12.9. The first-order chi connectivity index (χ1) is 11.9. The van der Waals surface area contributed by atoms with Crippen LogP contribution in [0.1, 0.15) is 31.7 Å². The van der Waals surface area contributed by atoms with Crippen LogP contribution in [0.5, 0.6) is 0 Å². The van der Waals surface area contributed by atoms with Gasteiger partial charge in [-0.2, -0.15) is 5.26 Å². The van der Waals surface area contributed by atoms with Crippen LogP contribution in [-0.2, 0) is 9.59 Å². The lowest BCUT2D eigenvalue weighted by atomic mass is 9.81. The van der Waals surface area contributed by atoms with Crippen LogP contribution in [0.25, 0.3) is 0 Å². The van der Waals surface area contributed by atoms with Gasteiger partial charge in [-0.15, -0.1) is 0 Å². The topological polar surface area (TPSA) is 76.4 Å². The van der Waals surface area contributed by atoms with Gasteiger partial charge < -0.3 is 15.1 Å². The molecule has 132 valence electrons. The van der Waals surface area contributed by atoms with E-state index >= 15 is 0 Å². The smallest absolute Gasteiger partial charge is 0.230 e. The number of carbonyl (C=O) groups is 2. The fourth-order valence-corrected chi connectivity index (χ4v) is 3.67. The first-order valence-corrected chi connectivity index (χ1v) is 8.72. The molecule has 2 unspecified atom stereocenters. The quantitative estimate of drug-likeness (QED) is 0.905. The standard InChI is InChI=1S/C19H24N4O2/c1-19(8-6-17(24)21-13-19)18(25)23-9-7-16(12-23)22(2)15-5-3-4-14(10-15)11-20/h3-5,10,16H,6-9,12-13H2,1-2H3,(H,21,24). The summed E-state index contributed by atoms with van der Waals surface area (Å²) in [5, 5.41) is 11.9. The van der Waals surface area contributed by atoms with Crippen molar-refractivity contribution in [2.45, 2.75) is 32.2 Å². The lowest BCUT2D eigenvalue weighted by Gasteiger charge is -2.36. The van der Waals surface area contributed by atoms with Crippen molar-refractivity contribution in [2.24, 2.45) is 5.41 Å². The molecule has 25 heavy (non-hydrogen) atoms. The molecular weight excluding hydrogens is 316 g/mol. The molecule has 2 amide bonds. The number of nitrogens with one attached hydrogen (secondary N) is 1. The molecule has 2 fully saturated rings. The molecule has 6 heteroatoms. The molecule has 0 aliphatic carbocycles. The van der Waals surface area contributed by atoms with Gasteiger partial charge in [-0.3, -0.25) is 9.59 Å². The maximum Gasteiger partial charge on any atom is 0.230 e. The Kier molecular flexibility index (Phi) is 4.67. The molecule has 1 N–H and O–H groups in total. The van der Waals surface area contributed by atoms with Crippen molar-refractivity contribution >= 4 is 17.5 Å². The second-order valence-corrected chi connectivity index (χ2v) is 7.30. The monoisotopic (exact) mass is 340 g/mol. The van der Waals surface area contributed by atoms with E-state index in [9.17, 15) is 9.59 Å². The second-order valence-electron chi connectivity index (χ2n) is 7.30. The van der Waals surface area contributed by atoms with Gasteiger partial charge in [0.2, 0.25) is 11.8 Å². The fraction of sp³-hybridized carbons (Fsp3) is 0.526. The van der Waals surface area contributed by atoms with E-state index in [1.54, 1.807) is 6.07 Å². The Morgan fingerprint density at radius 2 is 2.28 bits per heavy atom. The summed E-state index contributed by atoms with van der Waals surface area (Å²) >= 11 is 0. The first-order valence-electron chi connectivity index (χ1n) is 8.72. The maximum atomic E-state index is 12.9. The SMILES string of the molecule is CN(c1cccc(C#N)c1)C1CCN(C(=O)C2(C)CCC(=O)NC2)C1. The van der Waals surface area contributed by atoms with E-state index in [-0.39, 0.29) is 17.9 Å². The number of benzene rings is 1. The molecule has 2 aliphatic heterocycles. The van der Waals surface area contributed by atoms with Gasteiger partial charge in [-0.1, -0.05) is 6.07 Å². The van der Waals surface area contributed by atoms with Crippen LogP contribution in [0.15, 0.2) is 24.3 Å². The minimum Gasteiger partial charge on any atom is -0.370 e. The predicted octanol–water partition coefficient (Wildman–Crippen LogP) is 1.51. The van der Waals surface area contributed by atoms with Gasteiger partial charge in [0, 0.05) is 44.8 Å². The van der Waals surface area contributed by atoms with Crippen LogP contribution in [0.3, 0.4) is 0 Å². The molecular formula is C19H24N4O2. The highest BCUT2D eigenvalue weighted by molar-refractivity contribution is 5.86. The van der Waals surface area contributed by atoms with Crippen LogP contribution in [0.2, 0.25) is 0 Å². The van der Waals surface area contributed by atoms with Crippen molar-refractivity contribution in [3.63, 3.8) is 0 Å². The van der Waals surface area contributed by atoms with Crippen molar-refractivity contribution in [2.75, 3.05) is 31.6 Å². The molecule has 1 aromatic carbocycles. The number of anilines is 1. The van der Waals surface area contributed by atoms with Crippen LogP contribution < -0.4 is 10.2 Å². The van der Waals surface area contributed by atoms with Gasteiger partial charge in [0.15, 0.2) is 0 Å². The zero-order chi connectivity index (χ0) is 18.0. The van der Waals surface area contributed by atoms with Crippen molar-refractivity contribution < 1.29 is 9.59 Å². The highest BCUT2D eigenvalue weighted by atomic mass is 16.2. The number of amides is 2. The van der Waals surface area contributed by atoms with E-state index in [1.165, 1.54) is 0 Å². The van der Waals surface area contributed by atoms with E-state index < -0.39 is 5.41 Å². The number of nitriles is 1. The molecule has 2 saturated heterocycles. The predicted molar refractivity (Wildman–Crippen MR) is 94.9 cm³/mol. The van der Waals surface area contributed by atoms with Gasteiger partial charge >= 0.3 is 0 Å². The largest absolute Gasteiger partial charge is 0.370 e. The third-order valence-corrected chi connectivity index (χ3v) is 5.48. The average Bonchev–Trinajstić information content (AvgIpc) is 3.13. The summed E-state index contributed by atoms with van der Waals surface area (Å²) in [6.07, 6.45) is 1.93. The third kappa shape index (κ3) is 3.46. The Balaban J connectivity index is 1.66. The summed E-state index contributed by atoms with van der Waals surface area (Å²) in [5.74, 6) is 0.163. The van der Waals surface area contributed by atoms with E-state index in [2.05, 4.69) is 16.3 Å². The lowest BCUT2D eigenvalue weighted by molar-refractivity contribution is -0.143. The average molecular weight is 340 g/mol. The van der Waals surface area contributed by atoms with Gasteiger partial charge in [-0.25, -0.2) is 0 Å². The van der Waals surface area contributed by atoms with E-state index in [0.717, 1.165) is 18.7 Å². The number of hydrogen-bond donors (Lipinski definition) is 1.